The van der Waals surface area contributed by atoms with E-state index >= 15 is 0 Å². The van der Waals surface area contributed by atoms with Crippen LogP contribution in [0.2, 0.25) is 5.02 Å². The predicted octanol–water partition coefficient (Wildman–Crippen LogP) is 1.65. The van der Waals surface area contributed by atoms with Crippen molar-refractivity contribution >= 4 is 21.4 Å². The van der Waals surface area contributed by atoms with Crippen molar-refractivity contribution in [1.29, 1.82) is 0 Å². The van der Waals surface area contributed by atoms with Gasteiger partial charge in [0.05, 0.1) is 5.75 Å². The van der Waals surface area contributed by atoms with Crippen LogP contribution in [-0.2, 0) is 16.3 Å². The average Bonchev–Trinajstić information content (AvgIpc) is 2.19. The second-order valence-electron chi connectivity index (χ2n) is 4.02. The summed E-state index contributed by atoms with van der Waals surface area (Å²) < 4.78 is 35.9. The molecule has 3 nitrogen and oxygen atoms in total. The van der Waals surface area contributed by atoms with Gasteiger partial charge in [-0.1, -0.05) is 17.7 Å². The van der Waals surface area contributed by atoms with Crippen LogP contribution in [0, 0.1) is 5.82 Å². The Balaban J connectivity index is 2.81. The molecule has 0 aliphatic heterocycles. The molecule has 0 fully saturated rings. The number of hydrogen-bond acceptors (Lipinski definition) is 3. The van der Waals surface area contributed by atoms with Crippen molar-refractivity contribution in [3.8, 4) is 0 Å². The lowest BCUT2D eigenvalue weighted by Crippen LogP contribution is -2.34. The molecule has 6 heteroatoms. The van der Waals surface area contributed by atoms with Gasteiger partial charge in [-0.3, -0.25) is 0 Å². The minimum atomic E-state index is -3.09. The van der Waals surface area contributed by atoms with Crippen LogP contribution in [-0.4, -0.2) is 33.5 Å². The molecule has 17 heavy (non-hydrogen) atoms. The van der Waals surface area contributed by atoms with Crippen molar-refractivity contribution in [3.63, 3.8) is 0 Å². The fourth-order valence-corrected chi connectivity index (χ4v) is 2.74. The number of hydrogen-bond donors (Lipinski definition) is 1. The van der Waals surface area contributed by atoms with Gasteiger partial charge in [-0.15, -0.1) is 0 Å². The van der Waals surface area contributed by atoms with Gasteiger partial charge in [0.15, 0.2) is 0 Å². The first-order valence-electron chi connectivity index (χ1n) is 5.10. The van der Waals surface area contributed by atoms with Crippen molar-refractivity contribution in [2.24, 2.45) is 0 Å². The van der Waals surface area contributed by atoms with Gasteiger partial charge in [-0.05, 0) is 31.2 Å². The van der Waals surface area contributed by atoms with Crippen LogP contribution in [0.1, 0.15) is 5.56 Å². The molecule has 1 N–H and O–H groups in total. The lowest BCUT2D eigenvalue weighted by atomic mass is 10.1. The van der Waals surface area contributed by atoms with E-state index in [1.807, 2.05) is 0 Å². The fraction of sp³-hybridized carbons (Fsp3) is 0.455. The zero-order valence-corrected chi connectivity index (χ0v) is 11.3. The zero-order valence-electron chi connectivity index (χ0n) is 9.70. The minimum absolute atomic E-state index is 0.0223. The lowest BCUT2D eigenvalue weighted by molar-refractivity contribution is 0.549. The summed E-state index contributed by atoms with van der Waals surface area (Å²) >= 11 is 5.64. The van der Waals surface area contributed by atoms with Gasteiger partial charge in [0.1, 0.15) is 15.7 Å². The van der Waals surface area contributed by atoms with Gasteiger partial charge >= 0.3 is 0 Å². The Morgan fingerprint density at radius 2 is 2.12 bits per heavy atom. The van der Waals surface area contributed by atoms with E-state index in [-0.39, 0.29) is 11.8 Å². The number of sulfone groups is 1. The highest BCUT2D eigenvalue weighted by atomic mass is 35.5. The molecule has 0 radical (unpaired) electrons. The van der Waals surface area contributed by atoms with E-state index in [0.29, 0.717) is 17.0 Å². The fourth-order valence-electron chi connectivity index (χ4n) is 1.56. The maximum absolute atomic E-state index is 13.5. The van der Waals surface area contributed by atoms with E-state index in [2.05, 4.69) is 5.32 Å². The van der Waals surface area contributed by atoms with Crippen LogP contribution >= 0.6 is 11.6 Å². The summed E-state index contributed by atoms with van der Waals surface area (Å²) in [5.41, 5.74) is 0.456. The standard InChI is InChI=1S/C11H15ClFNO2S/c1-14-10(7-17(2,15)16)5-8-3-4-9(12)6-11(8)13/h3-4,6,10,14H,5,7H2,1-2H3. The summed E-state index contributed by atoms with van der Waals surface area (Å²) in [4.78, 5) is 0. The Kier molecular flexibility index (Phi) is 4.91. The smallest absolute Gasteiger partial charge is 0.148 e. The molecule has 0 amide bonds. The summed E-state index contributed by atoms with van der Waals surface area (Å²) in [6, 6.07) is 4.09. The molecule has 1 aromatic carbocycles. The molecule has 1 unspecified atom stereocenters. The van der Waals surface area contributed by atoms with Gasteiger partial charge in [-0.25, -0.2) is 12.8 Å². The topological polar surface area (TPSA) is 46.2 Å². The Morgan fingerprint density at radius 1 is 1.47 bits per heavy atom. The number of halogens is 2. The molecule has 1 atom stereocenters. The molecule has 0 heterocycles. The van der Waals surface area contributed by atoms with Gasteiger partial charge in [0.25, 0.3) is 0 Å². The number of nitrogens with one attached hydrogen (secondary N) is 1. The first-order valence-corrected chi connectivity index (χ1v) is 7.54. The van der Waals surface area contributed by atoms with Crippen LogP contribution in [0.5, 0.6) is 0 Å². The third kappa shape index (κ3) is 5.02. The van der Waals surface area contributed by atoms with E-state index in [1.54, 1.807) is 19.2 Å². The Morgan fingerprint density at radius 3 is 2.59 bits per heavy atom. The van der Waals surface area contributed by atoms with Crippen molar-refractivity contribution in [2.45, 2.75) is 12.5 Å². The van der Waals surface area contributed by atoms with Gasteiger partial charge in [0, 0.05) is 17.3 Å². The maximum Gasteiger partial charge on any atom is 0.148 e. The molecular weight excluding hydrogens is 265 g/mol. The predicted molar refractivity (Wildman–Crippen MR) is 67.7 cm³/mol. The molecule has 0 aliphatic rings. The van der Waals surface area contributed by atoms with E-state index in [0.717, 1.165) is 6.26 Å². The molecule has 0 saturated carbocycles. The van der Waals surface area contributed by atoms with Crippen LogP contribution in [0.25, 0.3) is 0 Å². The van der Waals surface area contributed by atoms with Gasteiger partial charge in [0.2, 0.25) is 0 Å². The molecular formula is C11H15ClFNO2S. The first-order chi connectivity index (χ1) is 7.81. The van der Waals surface area contributed by atoms with Crippen molar-refractivity contribution in [3.05, 3.63) is 34.6 Å². The Bertz CT molecular complexity index is 490. The largest absolute Gasteiger partial charge is 0.316 e. The van der Waals surface area contributed by atoms with Crippen molar-refractivity contribution in [1.82, 2.24) is 5.32 Å². The average molecular weight is 280 g/mol. The van der Waals surface area contributed by atoms with Crippen molar-refractivity contribution in [2.75, 3.05) is 19.1 Å². The molecule has 1 rings (SSSR count). The molecule has 0 bridgehead atoms. The summed E-state index contributed by atoms with van der Waals surface area (Å²) in [6.45, 7) is 0. The Labute approximate surface area is 106 Å². The summed E-state index contributed by atoms with van der Waals surface area (Å²) in [5, 5.41) is 3.20. The monoisotopic (exact) mass is 279 g/mol. The first kappa shape index (κ1) is 14.4. The minimum Gasteiger partial charge on any atom is -0.316 e. The van der Waals surface area contributed by atoms with Crippen molar-refractivity contribution < 1.29 is 12.8 Å². The highest BCUT2D eigenvalue weighted by Gasteiger charge is 2.16. The quantitative estimate of drug-likeness (QED) is 0.892. The van der Waals surface area contributed by atoms with E-state index < -0.39 is 15.7 Å². The third-order valence-electron chi connectivity index (χ3n) is 2.39. The highest BCUT2D eigenvalue weighted by molar-refractivity contribution is 7.90. The van der Waals surface area contributed by atoms with Gasteiger partial charge < -0.3 is 5.32 Å². The molecule has 0 aliphatic carbocycles. The van der Waals surface area contributed by atoms with E-state index in [1.165, 1.54) is 6.07 Å². The molecule has 0 saturated heterocycles. The zero-order chi connectivity index (χ0) is 13.1. The lowest BCUT2D eigenvalue weighted by Gasteiger charge is -2.15. The molecule has 1 aromatic rings. The van der Waals surface area contributed by atoms with Crippen LogP contribution in [0.15, 0.2) is 18.2 Å². The SMILES string of the molecule is CNC(Cc1ccc(Cl)cc1F)CS(C)(=O)=O. The maximum atomic E-state index is 13.5. The summed E-state index contributed by atoms with van der Waals surface area (Å²) in [5.74, 6) is -0.433. The number of benzene rings is 1. The Hall–Kier alpha value is -0.650. The van der Waals surface area contributed by atoms with Crippen LogP contribution in [0.4, 0.5) is 4.39 Å². The molecule has 0 aromatic heterocycles. The third-order valence-corrected chi connectivity index (χ3v) is 3.64. The second kappa shape index (κ2) is 5.80. The van der Waals surface area contributed by atoms with Crippen LogP contribution in [0.3, 0.4) is 0 Å². The van der Waals surface area contributed by atoms with E-state index in [4.69, 9.17) is 11.6 Å². The number of rotatable bonds is 5. The van der Waals surface area contributed by atoms with Gasteiger partial charge in [-0.2, -0.15) is 0 Å². The molecule has 96 valence electrons. The molecule has 0 spiro atoms. The highest BCUT2D eigenvalue weighted by Crippen LogP contribution is 2.16. The normalized spacial score (nSPS) is 13.6. The summed E-state index contributed by atoms with van der Waals surface area (Å²) in [6.07, 6.45) is 1.47. The van der Waals surface area contributed by atoms with Crippen LogP contribution < -0.4 is 5.32 Å². The summed E-state index contributed by atoms with van der Waals surface area (Å²) in [7, 11) is -1.43. The van der Waals surface area contributed by atoms with E-state index in [9.17, 15) is 12.8 Å². The second-order valence-corrected chi connectivity index (χ2v) is 6.64. The number of likely N-dealkylation sites (N-methyl/N-ethyl adjacent to an activating group) is 1.